The first-order chi connectivity index (χ1) is 9.22. The number of nitrogen functional groups attached to an aromatic ring is 1. The Kier molecular flexibility index (Phi) is 4.44. The molecule has 0 aliphatic heterocycles. The summed E-state index contributed by atoms with van der Waals surface area (Å²) in [7, 11) is 0. The van der Waals surface area contributed by atoms with Gasteiger partial charge in [0.25, 0.3) is 0 Å². The summed E-state index contributed by atoms with van der Waals surface area (Å²) in [5.74, 6) is 0.702. The summed E-state index contributed by atoms with van der Waals surface area (Å²) in [6.07, 6.45) is 1.98. The molecule has 0 bridgehead atoms. The highest BCUT2D eigenvalue weighted by Crippen LogP contribution is 2.24. The van der Waals surface area contributed by atoms with Gasteiger partial charge in [0.15, 0.2) is 0 Å². The lowest BCUT2D eigenvalue weighted by atomic mass is 10.1. The third-order valence-corrected chi connectivity index (χ3v) is 3.12. The second-order valence-corrected chi connectivity index (χ2v) is 4.56. The van der Waals surface area contributed by atoms with Crippen LogP contribution in [0.5, 0.6) is 5.88 Å². The van der Waals surface area contributed by atoms with Crippen LogP contribution in [0.4, 0.5) is 5.69 Å². The normalized spacial score (nSPS) is 10.6. The molecule has 0 amide bonds. The number of aryl methyl sites for hydroxylation is 3. The highest BCUT2D eigenvalue weighted by atomic mass is 16.5. The van der Waals surface area contributed by atoms with Crippen molar-refractivity contribution in [3.8, 4) is 5.88 Å². The predicted molar refractivity (Wildman–Crippen MR) is 77.3 cm³/mol. The molecule has 0 atom stereocenters. The molecule has 0 fully saturated rings. The average Bonchev–Trinajstić information content (AvgIpc) is 2.72. The Bertz CT molecular complexity index is 520. The fourth-order valence-corrected chi connectivity index (χ4v) is 2.03. The molecule has 1 aromatic carbocycles. The predicted octanol–water partition coefficient (Wildman–Crippen LogP) is 2.81. The van der Waals surface area contributed by atoms with Gasteiger partial charge in [-0.05, 0) is 32.3 Å². The van der Waals surface area contributed by atoms with Crippen molar-refractivity contribution in [1.82, 2.24) is 9.78 Å². The Hall–Kier alpha value is -1.97. The summed E-state index contributed by atoms with van der Waals surface area (Å²) in [5, 5.41) is 4.33. The van der Waals surface area contributed by atoms with E-state index in [2.05, 4.69) is 29.4 Å². The van der Waals surface area contributed by atoms with Gasteiger partial charge in [-0.15, -0.1) is 0 Å². The summed E-state index contributed by atoms with van der Waals surface area (Å²) in [4.78, 5) is 0. The van der Waals surface area contributed by atoms with Crippen LogP contribution in [-0.2, 0) is 13.0 Å². The van der Waals surface area contributed by atoms with Crippen LogP contribution in [0.15, 0.2) is 30.3 Å². The highest BCUT2D eigenvalue weighted by Gasteiger charge is 2.12. The maximum absolute atomic E-state index is 5.96. The first-order valence-electron chi connectivity index (χ1n) is 6.72. The molecular formula is C15H21N3O. The van der Waals surface area contributed by atoms with Gasteiger partial charge < -0.3 is 10.5 Å². The van der Waals surface area contributed by atoms with Crippen LogP contribution in [0.3, 0.4) is 0 Å². The topological polar surface area (TPSA) is 53.1 Å². The van der Waals surface area contributed by atoms with E-state index < -0.39 is 0 Å². The summed E-state index contributed by atoms with van der Waals surface area (Å²) < 4.78 is 7.59. The largest absolute Gasteiger partial charge is 0.476 e. The highest BCUT2D eigenvalue weighted by molar-refractivity contribution is 5.52. The van der Waals surface area contributed by atoms with E-state index in [1.165, 1.54) is 5.56 Å². The van der Waals surface area contributed by atoms with E-state index in [1.807, 2.05) is 24.6 Å². The van der Waals surface area contributed by atoms with Gasteiger partial charge in [-0.25, -0.2) is 4.68 Å². The van der Waals surface area contributed by atoms with Crippen molar-refractivity contribution < 1.29 is 4.74 Å². The summed E-state index contributed by atoms with van der Waals surface area (Å²) in [6.45, 7) is 5.36. The number of nitrogens with zero attached hydrogens (tertiary/aromatic N) is 2. The maximum atomic E-state index is 5.96. The first-order valence-corrected chi connectivity index (χ1v) is 6.72. The smallest absolute Gasteiger partial charge is 0.236 e. The van der Waals surface area contributed by atoms with Crippen molar-refractivity contribution >= 4 is 5.69 Å². The van der Waals surface area contributed by atoms with Crippen molar-refractivity contribution in [2.75, 3.05) is 12.3 Å². The second kappa shape index (κ2) is 6.27. The van der Waals surface area contributed by atoms with Crippen molar-refractivity contribution in [1.29, 1.82) is 0 Å². The summed E-state index contributed by atoms with van der Waals surface area (Å²) in [6, 6.07) is 10.4. The van der Waals surface area contributed by atoms with E-state index in [0.717, 1.165) is 25.1 Å². The summed E-state index contributed by atoms with van der Waals surface area (Å²) in [5.41, 5.74) is 8.78. The van der Waals surface area contributed by atoms with Crippen LogP contribution in [0.2, 0.25) is 0 Å². The lowest BCUT2D eigenvalue weighted by Crippen LogP contribution is -2.06. The molecule has 19 heavy (non-hydrogen) atoms. The zero-order chi connectivity index (χ0) is 13.7. The molecule has 0 aliphatic carbocycles. The molecule has 0 spiro atoms. The number of hydrogen-bond donors (Lipinski definition) is 1. The molecule has 2 N–H and O–H groups in total. The van der Waals surface area contributed by atoms with Gasteiger partial charge in [-0.3, -0.25) is 0 Å². The Morgan fingerprint density at radius 2 is 2.00 bits per heavy atom. The number of ether oxygens (including phenoxy) is 1. The third kappa shape index (κ3) is 3.28. The van der Waals surface area contributed by atoms with Gasteiger partial charge in [0, 0.05) is 6.54 Å². The molecule has 0 saturated heterocycles. The van der Waals surface area contributed by atoms with E-state index in [9.17, 15) is 0 Å². The van der Waals surface area contributed by atoms with Gasteiger partial charge in [0.05, 0.1) is 12.3 Å². The Morgan fingerprint density at radius 1 is 1.26 bits per heavy atom. The minimum atomic E-state index is 0.654. The second-order valence-electron chi connectivity index (χ2n) is 4.56. The van der Waals surface area contributed by atoms with Gasteiger partial charge in [-0.2, -0.15) is 5.10 Å². The number of hydrogen-bond acceptors (Lipinski definition) is 3. The Balaban J connectivity index is 1.86. The molecule has 2 rings (SSSR count). The number of benzene rings is 1. The minimum Gasteiger partial charge on any atom is -0.476 e. The van der Waals surface area contributed by atoms with Gasteiger partial charge in [0.1, 0.15) is 5.69 Å². The lowest BCUT2D eigenvalue weighted by Gasteiger charge is -2.08. The molecule has 4 nitrogen and oxygen atoms in total. The fraction of sp³-hybridized carbons (Fsp3) is 0.400. The van der Waals surface area contributed by atoms with Crippen LogP contribution in [0, 0.1) is 6.92 Å². The van der Waals surface area contributed by atoms with Crippen LogP contribution in [0.25, 0.3) is 0 Å². The maximum Gasteiger partial charge on any atom is 0.236 e. The molecule has 0 saturated carbocycles. The van der Waals surface area contributed by atoms with Gasteiger partial charge in [-0.1, -0.05) is 30.3 Å². The zero-order valence-corrected chi connectivity index (χ0v) is 11.6. The molecule has 0 aliphatic rings. The molecule has 0 unspecified atom stereocenters. The molecule has 0 radical (unpaired) electrons. The van der Waals surface area contributed by atoms with Crippen LogP contribution < -0.4 is 10.5 Å². The molecule has 1 heterocycles. The van der Waals surface area contributed by atoms with E-state index >= 15 is 0 Å². The average molecular weight is 259 g/mol. The third-order valence-electron chi connectivity index (χ3n) is 3.12. The number of anilines is 1. The minimum absolute atomic E-state index is 0.654. The Labute approximate surface area is 114 Å². The van der Waals surface area contributed by atoms with Crippen molar-refractivity contribution in [2.45, 2.75) is 33.2 Å². The Morgan fingerprint density at radius 3 is 2.68 bits per heavy atom. The SMILES string of the molecule is CCn1nc(C)c(N)c1OCCCc1ccccc1. The number of aromatic nitrogens is 2. The van der Waals surface area contributed by atoms with E-state index in [4.69, 9.17) is 10.5 Å². The van der Waals surface area contributed by atoms with E-state index in [0.29, 0.717) is 18.2 Å². The van der Waals surface area contributed by atoms with Crippen LogP contribution in [0.1, 0.15) is 24.6 Å². The monoisotopic (exact) mass is 259 g/mol. The quantitative estimate of drug-likeness (QED) is 0.812. The van der Waals surface area contributed by atoms with Gasteiger partial charge >= 0.3 is 0 Å². The molecule has 102 valence electrons. The molecule has 1 aromatic heterocycles. The van der Waals surface area contributed by atoms with Crippen LogP contribution in [-0.4, -0.2) is 16.4 Å². The van der Waals surface area contributed by atoms with E-state index in [-0.39, 0.29) is 0 Å². The lowest BCUT2D eigenvalue weighted by molar-refractivity contribution is 0.281. The van der Waals surface area contributed by atoms with Crippen molar-refractivity contribution in [3.05, 3.63) is 41.6 Å². The van der Waals surface area contributed by atoms with E-state index in [1.54, 1.807) is 0 Å². The first kappa shape index (κ1) is 13.5. The molecular weight excluding hydrogens is 238 g/mol. The van der Waals surface area contributed by atoms with Gasteiger partial charge in [0.2, 0.25) is 5.88 Å². The van der Waals surface area contributed by atoms with Crippen molar-refractivity contribution in [3.63, 3.8) is 0 Å². The number of rotatable bonds is 6. The van der Waals surface area contributed by atoms with Crippen LogP contribution >= 0.6 is 0 Å². The van der Waals surface area contributed by atoms with Crippen molar-refractivity contribution in [2.24, 2.45) is 0 Å². The molecule has 2 aromatic rings. The summed E-state index contributed by atoms with van der Waals surface area (Å²) >= 11 is 0. The standard InChI is InChI=1S/C15H21N3O/c1-3-18-15(14(16)12(2)17-18)19-11-7-10-13-8-5-4-6-9-13/h4-6,8-9H,3,7,10-11,16H2,1-2H3. The number of nitrogens with two attached hydrogens (primary N) is 1. The fourth-order valence-electron chi connectivity index (χ4n) is 2.03. The zero-order valence-electron chi connectivity index (χ0n) is 11.6. The molecule has 4 heteroatoms.